The molecule has 2 heterocycles. The molecule has 0 unspecified atom stereocenters. The maximum absolute atomic E-state index is 13.6. The van der Waals surface area contributed by atoms with Crippen molar-refractivity contribution in [2.75, 3.05) is 13.1 Å². The fourth-order valence-electron chi connectivity index (χ4n) is 2.55. The molecule has 0 atom stereocenters. The van der Waals surface area contributed by atoms with Crippen LogP contribution >= 0.6 is 11.6 Å². The molecule has 12 nitrogen and oxygen atoms in total. The average molecular weight is 470 g/mol. The zero-order valence-corrected chi connectivity index (χ0v) is 17.0. The van der Waals surface area contributed by atoms with Crippen molar-refractivity contribution in [2.24, 2.45) is 0 Å². The second-order valence-electron chi connectivity index (χ2n) is 6.26. The lowest BCUT2D eigenvalue weighted by Gasteiger charge is -2.07. The summed E-state index contributed by atoms with van der Waals surface area (Å²) in [5.41, 5.74) is -0.425. The molecular formula is C17H14ClF2N7O5. The van der Waals surface area contributed by atoms with Crippen molar-refractivity contribution in [3.8, 4) is 0 Å². The van der Waals surface area contributed by atoms with Crippen molar-refractivity contribution in [3.05, 3.63) is 67.9 Å². The Kier molecular flexibility index (Phi) is 6.73. The van der Waals surface area contributed by atoms with Crippen molar-refractivity contribution in [3.63, 3.8) is 0 Å². The van der Waals surface area contributed by atoms with Crippen molar-refractivity contribution in [1.29, 1.82) is 0 Å². The summed E-state index contributed by atoms with van der Waals surface area (Å²) in [5.74, 6) is -4.68. The van der Waals surface area contributed by atoms with Crippen LogP contribution in [-0.2, 0) is 6.54 Å². The van der Waals surface area contributed by atoms with Gasteiger partial charge < -0.3 is 25.3 Å². The Morgan fingerprint density at radius 3 is 2.44 bits per heavy atom. The van der Waals surface area contributed by atoms with Gasteiger partial charge in [0.05, 0.1) is 10.8 Å². The van der Waals surface area contributed by atoms with E-state index in [9.17, 15) is 28.5 Å². The number of rotatable bonds is 8. The molecule has 0 fully saturated rings. The third-order valence-corrected chi connectivity index (χ3v) is 4.57. The molecule has 2 aromatic heterocycles. The standard InChI is InChI=1S/C17H14ClF2N7O5/c1-8-13(18)14(27(30)31)24-26(8)7-11-23-17(32-25-11)16(29)22-6-5-21-15(28)12-9(19)3-2-4-10(12)20/h2-4H,5-7H2,1H3,(H,21,28)(H,22,29). The van der Waals surface area contributed by atoms with Crippen molar-refractivity contribution in [2.45, 2.75) is 13.5 Å². The average Bonchev–Trinajstić information content (AvgIpc) is 3.31. The van der Waals surface area contributed by atoms with Crippen molar-refractivity contribution >= 4 is 29.2 Å². The van der Waals surface area contributed by atoms with Gasteiger partial charge in [-0.05, 0) is 24.0 Å². The first-order chi connectivity index (χ1) is 15.2. The van der Waals surface area contributed by atoms with E-state index < -0.39 is 45.6 Å². The minimum Gasteiger partial charge on any atom is -0.358 e. The number of amides is 2. The number of aromatic nitrogens is 4. The molecule has 32 heavy (non-hydrogen) atoms. The molecule has 3 rings (SSSR count). The van der Waals surface area contributed by atoms with E-state index in [1.165, 1.54) is 11.6 Å². The predicted octanol–water partition coefficient (Wildman–Crippen LogP) is 1.62. The van der Waals surface area contributed by atoms with E-state index in [4.69, 9.17) is 16.1 Å². The number of halogens is 3. The molecule has 0 saturated heterocycles. The summed E-state index contributed by atoms with van der Waals surface area (Å²) < 4.78 is 33.1. The minimum atomic E-state index is -1.01. The monoisotopic (exact) mass is 469 g/mol. The molecule has 3 aromatic rings. The Bertz CT molecular complexity index is 1180. The van der Waals surface area contributed by atoms with Gasteiger partial charge in [0.15, 0.2) is 10.8 Å². The Hall–Kier alpha value is -3.94. The Balaban J connectivity index is 1.53. The van der Waals surface area contributed by atoms with Crippen LogP contribution < -0.4 is 10.6 Å². The highest BCUT2D eigenvalue weighted by Gasteiger charge is 2.25. The third kappa shape index (κ3) is 4.85. The second kappa shape index (κ2) is 9.47. The second-order valence-corrected chi connectivity index (χ2v) is 6.64. The van der Waals surface area contributed by atoms with E-state index in [1.54, 1.807) is 0 Å². The molecule has 168 valence electrons. The fourth-order valence-corrected chi connectivity index (χ4v) is 2.76. The largest absolute Gasteiger partial charge is 0.408 e. The van der Waals surface area contributed by atoms with Gasteiger partial charge in [0.25, 0.3) is 5.91 Å². The number of hydrogen-bond acceptors (Lipinski definition) is 8. The highest BCUT2D eigenvalue weighted by atomic mass is 35.5. The molecule has 1 aromatic carbocycles. The van der Waals surface area contributed by atoms with Crippen LogP contribution in [0, 0.1) is 28.7 Å². The number of carbonyl (C=O) groups excluding carboxylic acids is 2. The molecule has 0 saturated carbocycles. The van der Waals surface area contributed by atoms with E-state index in [0.29, 0.717) is 5.69 Å². The smallest absolute Gasteiger partial charge is 0.358 e. The number of nitrogens with zero attached hydrogens (tertiary/aromatic N) is 5. The molecule has 0 spiro atoms. The van der Waals surface area contributed by atoms with E-state index in [1.807, 2.05) is 0 Å². The number of hydrogen-bond donors (Lipinski definition) is 2. The quantitative estimate of drug-likeness (QED) is 0.286. The van der Waals surface area contributed by atoms with Gasteiger partial charge in [0.1, 0.15) is 23.7 Å². The third-order valence-electron chi connectivity index (χ3n) is 4.13. The van der Waals surface area contributed by atoms with Crippen LogP contribution in [-0.4, -0.2) is 49.7 Å². The first-order valence-electron chi connectivity index (χ1n) is 8.89. The summed E-state index contributed by atoms with van der Waals surface area (Å²) >= 11 is 5.86. The van der Waals surface area contributed by atoms with Crippen LogP contribution in [0.4, 0.5) is 14.6 Å². The van der Waals surface area contributed by atoms with Crippen LogP contribution in [0.15, 0.2) is 22.7 Å². The first kappa shape index (κ1) is 22.7. The molecular weight excluding hydrogens is 456 g/mol. The molecule has 2 N–H and O–H groups in total. The minimum absolute atomic E-state index is 0.00986. The highest BCUT2D eigenvalue weighted by molar-refractivity contribution is 6.33. The molecule has 15 heteroatoms. The lowest BCUT2D eigenvalue weighted by Crippen LogP contribution is -2.35. The zero-order valence-electron chi connectivity index (χ0n) is 16.3. The Morgan fingerprint density at radius 1 is 1.22 bits per heavy atom. The summed E-state index contributed by atoms with van der Waals surface area (Å²) in [6.45, 7) is 1.14. The molecule has 0 aliphatic carbocycles. The number of carbonyl (C=O) groups is 2. The number of benzene rings is 1. The molecule has 2 amide bonds. The topological polar surface area (TPSA) is 158 Å². The van der Waals surface area contributed by atoms with Gasteiger partial charge in [-0.15, -0.1) is 0 Å². The van der Waals surface area contributed by atoms with Gasteiger partial charge in [0.2, 0.25) is 0 Å². The van der Waals surface area contributed by atoms with E-state index in [2.05, 4.69) is 25.9 Å². The summed E-state index contributed by atoms with van der Waals surface area (Å²) in [5, 5.41) is 22.8. The lowest BCUT2D eigenvalue weighted by molar-refractivity contribution is -0.389. The summed E-state index contributed by atoms with van der Waals surface area (Å²) in [4.78, 5) is 38.0. The van der Waals surface area contributed by atoms with Gasteiger partial charge in [0, 0.05) is 13.1 Å². The van der Waals surface area contributed by atoms with Gasteiger partial charge in [-0.2, -0.15) is 9.67 Å². The van der Waals surface area contributed by atoms with E-state index in [0.717, 1.165) is 18.2 Å². The van der Waals surface area contributed by atoms with Crippen LogP contribution in [0.1, 0.15) is 32.6 Å². The van der Waals surface area contributed by atoms with Crippen LogP contribution in [0.3, 0.4) is 0 Å². The maximum Gasteiger partial charge on any atom is 0.408 e. The molecule has 0 aliphatic rings. The Morgan fingerprint density at radius 2 is 1.84 bits per heavy atom. The van der Waals surface area contributed by atoms with Crippen LogP contribution in [0.25, 0.3) is 0 Å². The first-order valence-corrected chi connectivity index (χ1v) is 9.27. The van der Waals surface area contributed by atoms with Gasteiger partial charge in [-0.3, -0.25) is 9.59 Å². The lowest BCUT2D eigenvalue weighted by atomic mass is 10.2. The zero-order chi connectivity index (χ0) is 23.4. The van der Waals surface area contributed by atoms with Crippen molar-refractivity contribution < 1.29 is 27.8 Å². The fraction of sp³-hybridized carbons (Fsp3) is 0.235. The van der Waals surface area contributed by atoms with Crippen LogP contribution in [0.5, 0.6) is 0 Å². The maximum atomic E-state index is 13.6. The van der Waals surface area contributed by atoms with Gasteiger partial charge >= 0.3 is 17.6 Å². The summed E-state index contributed by atoms with van der Waals surface area (Å²) in [6, 6.07) is 3.03. The number of nitrogens with one attached hydrogen (secondary N) is 2. The summed E-state index contributed by atoms with van der Waals surface area (Å²) in [6.07, 6.45) is 0. The number of nitro groups is 1. The Labute approximate surface area is 182 Å². The van der Waals surface area contributed by atoms with E-state index in [-0.39, 0.29) is 30.5 Å². The molecule has 0 aliphatic heterocycles. The SMILES string of the molecule is Cc1c(Cl)c([N+](=O)[O-])nn1Cc1noc(C(=O)NCCNC(=O)c2c(F)cccc2F)n1. The molecule has 0 radical (unpaired) electrons. The molecule has 0 bridgehead atoms. The van der Waals surface area contributed by atoms with Crippen LogP contribution in [0.2, 0.25) is 5.02 Å². The van der Waals surface area contributed by atoms with Crippen molar-refractivity contribution in [1.82, 2.24) is 30.6 Å². The predicted molar refractivity (Wildman–Crippen MR) is 103 cm³/mol. The highest BCUT2D eigenvalue weighted by Crippen LogP contribution is 2.26. The van der Waals surface area contributed by atoms with Gasteiger partial charge in [-0.25, -0.2) is 8.78 Å². The van der Waals surface area contributed by atoms with E-state index >= 15 is 0 Å². The van der Waals surface area contributed by atoms with Gasteiger partial charge in [-0.1, -0.05) is 22.8 Å². The summed E-state index contributed by atoms with van der Waals surface area (Å²) in [7, 11) is 0. The normalized spacial score (nSPS) is 10.8.